The van der Waals surface area contributed by atoms with Crippen molar-refractivity contribution in [1.29, 1.82) is 0 Å². The fraction of sp³-hybridized carbons (Fsp3) is 0.333. The molecule has 0 radical (unpaired) electrons. The summed E-state index contributed by atoms with van der Waals surface area (Å²) in [6.45, 7) is 0. The van der Waals surface area contributed by atoms with Gasteiger partial charge in [-0.1, -0.05) is 0 Å². The van der Waals surface area contributed by atoms with E-state index in [1.807, 2.05) is 0 Å². The molecule has 2 aromatic rings. The van der Waals surface area contributed by atoms with Crippen LogP contribution < -0.4 is 11.1 Å². The third kappa shape index (κ3) is 7.18. The van der Waals surface area contributed by atoms with Crippen molar-refractivity contribution >= 4 is 49.1 Å². The second kappa shape index (κ2) is 11.7. The first-order chi connectivity index (χ1) is 10.1. The third-order valence-electron chi connectivity index (χ3n) is 2.90. The van der Waals surface area contributed by atoms with Gasteiger partial charge in [0.2, 0.25) is 5.91 Å². The van der Waals surface area contributed by atoms with Crippen LogP contribution in [0, 0.1) is 0 Å². The Kier molecular flexibility index (Phi) is 11.9. The topological polar surface area (TPSA) is 150 Å². The van der Waals surface area contributed by atoms with Crippen LogP contribution in [0.3, 0.4) is 0 Å². The van der Waals surface area contributed by atoms with Crippen LogP contribution in [0.4, 0.5) is 0 Å². The van der Waals surface area contributed by atoms with Crippen LogP contribution in [0.2, 0.25) is 0 Å². The number of nitrogens with two attached hydrogens (primary N) is 1. The van der Waals surface area contributed by atoms with E-state index in [1.165, 1.54) is 12.7 Å². The number of carboxylic acid groups (broad SMARTS) is 1. The number of H-pyrrole nitrogens is 2. The summed E-state index contributed by atoms with van der Waals surface area (Å²) in [6.07, 6.45) is 6.44. The monoisotopic (exact) mass is 400 g/mol. The predicted octanol–water partition coefficient (Wildman–Crippen LogP) is 0.0801. The second-order valence-electron chi connectivity index (χ2n) is 4.54. The molecule has 0 spiro atoms. The summed E-state index contributed by atoms with van der Waals surface area (Å²) in [7, 11) is 0. The molecular weight excluding hydrogens is 383 g/mol. The first kappa shape index (κ1) is 24.4. The minimum Gasteiger partial charge on any atom is -0.480 e. The molecule has 0 fully saturated rings. The van der Waals surface area contributed by atoms with E-state index in [2.05, 4.69) is 25.3 Å². The summed E-state index contributed by atoms with van der Waals surface area (Å²) in [6, 6.07) is -1.94. The molecule has 0 aliphatic heterocycles. The molecule has 0 unspecified atom stereocenters. The van der Waals surface area contributed by atoms with E-state index >= 15 is 0 Å². The van der Waals surface area contributed by atoms with E-state index in [1.54, 1.807) is 12.4 Å². The fourth-order valence-electron chi connectivity index (χ4n) is 1.81. The van der Waals surface area contributed by atoms with Crippen LogP contribution in [-0.4, -0.2) is 49.0 Å². The van der Waals surface area contributed by atoms with Crippen molar-refractivity contribution in [2.75, 3.05) is 0 Å². The van der Waals surface area contributed by atoms with Crippen molar-refractivity contribution in [2.45, 2.75) is 24.9 Å². The van der Waals surface area contributed by atoms with Gasteiger partial charge in [0, 0.05) is 25.2 Å². The quantitative estimate of drug-likeness (QED) is 0.443. The SMILES string of the molecule is Cl.Cl.Cl.N[C@@H](Cc1c[nH]cn1)C(=O)N[C@@H](Cc1c[nH]cn1)C(=O)O. The molecule has 2 heterocycles. The second-order valence-corrected chi connectivity index (χ2v) is 4.54. The van der Waals surface area contributed by atoms with Gasteiger partial charge in [-0.15, -0.1) is 37.2 Å². The van der Waals surface area contributed by atoms with Gasteiger partial charge in [0.05, 0.1) is 30.1 Å². The van der Waals surface area contributed by atoms with E-state index in [9.17, 15) is 9.59 Å². The first-order valence-corrected chi connectivity index (χ1v) is 6.30. The Hall–Kier alpha value is -1.81. The van der Waals surface area contributed by atoms with Crippen LogP contribution in [0.5, 0.6) is 0 Å². The third-order valence-corrected chi connectivity index (χ3v) is 2.90. The highest BCUT2D eigenvalue weighted by Gasteiger charge is 2.24. The standard InChI is InChI=1S/C12H16N6O3.3ClH/c13-9(1-7-3-14-5-16-7)11(19)18-10(12(20)21)2-8-4-15-6-17-8;;;/h3-6,9-10H,1-2,13H2,(H,14,16)(H,15,17)(H,18,19)(H,20,21);3*1H/t9-,10-;;;/m0.../s1. The molecule has 2 aromatic heterocycles. The molecule has 6 N–H and O–H groups in total. The van der Waals surface area contributed by atoms with Crippen molar-refractivity contribution < 1.29 is 14.7 Å². The zero-order chi connectivity index (χ0) is 15.2. The summed E-state index contributed by atoms with van der Waals surface area (Å²) < 4.78 is 0. The first-order valence-electron chi connectivity index (χ1n) is 6.30. The average Bonchev–Trinajstić information content (AvgIpc) is 3.10. The minimum absolute atomic E-state index is 0. The lowest BCUT2D eigenvalue weighted by Gasteiger charge is -2.16. The fourth-order valence-corrected chi connectivity index (χ4v) is 1.81. The van der Waals surface area contributed by atoms with Gasteiger partial charge in [0.25, 0.3) is 0 Å². The average molecular weight is 402 g/mol. The Morgan fingerprint density at radius 3 is 2.00 bits per heavy atom. The summed E-state index contributed by atoms with van der Waals surface area (Å²) in [5.74, 6) is -1.68. The molecule has 0 bridgehead atoms. The van der Waals surface area contributed by atoms with E-state index in [-0.39, 0.29) is 50.1 Å². The Balaban J connectivity index is 0. The van der Waals surface area contributed by atoms with Gasteiger partial charge in [-0.05, 0) is 0 Å². The van der Waals surface area contributed by atoms with Crippen molar-refractivity contribution in [2.24, 2.45) is 5.73 Å². The maximum absolute atomic E-state index is 11.9. The van der Waals surface area contributed by atoms with Gasteiger partial charge in [-0.25, -0.2) is 14.8 Å². The minimum atomic E-state index is -1.14. The maximum Gasteiger partial charge on any atom is 0.326 e. The molecule has 2 rings (SSSR count). The summed E-state index contributed by atoms with van der Waals surface area (Å²) in [5.41, 5.74) is 6.93. The van der Waals surface area contributed by atoms with E-state index in [0.29, 0.717) is 11.4 Å². The molecule has 24 heavy (non-hydrogen) atoms. The predicted molar refractivity (Wildman–Crippen MR) is 93.9 cm³/mol. The Morgan fingerprint density at radius 2 is 1.58 bits per heavy atom. The number of carbonyl (C=O) groups is 2. The lowest BCUT2D eigenvalue weighted by Crippen LogP contribution is -2.50. The molecule has 12 heteroatoms. The van der Waals surface area contributed by atoms with E-state index in [4.69, 9.17) is 10.8 Å². The Labute approximate surface area is 156 Å². The zero-order valence-corrected chi connectivity index (χ0v) is 14.8. The number of hydrogen-bond donors (Lipinski definition) is 5. The molecular formula is C12H19Cl3N6O3. The number of amides is 1. The number of halogens is 3. The number of aliphatic carboxylic acids is 1. The number of aromatic nitrogens is 4. The van der Waals surface area contributed by atoms with Crippen LogP contribution >= 0.6 is 37.2 Å². The summed E-state index contributed by atoms with van der Waals surface area (Å²) >= 11 is 0. The molecule has 2 atom stereocenters. The maximum atomic E-state index is 11.9. The largest absolute Gasteiger partial charge is 0.480 e. The highest BCUT2D eigenvalue weighted by Crippen LogP contribution is 2.01. The molecule has 0 saturated heterocycles. The molecule has 136 valence electrons. The van der Waals surface area contributed by atoms with E-state index < -0.39 is 24.0 Å². The number of hydrogen-bond acceptors (Lipinski definition) is 5. The van der Waals surface area contributed by atoms with Crippen LogP contribution in [-0.2, 0) is 22.4 Å². The lowest BCUT2D eigenvalue weighted by atomic mass is 10.1. The smallest absolute Gasteiger partial charge is 0.326 e. The number of rotatable bonds is 7. The molecule has 1 amide bonds. The number of carbonyl (C=O) groups excluding carboxylic acids is 1. The van der Waals surface area contributed by atoms with Crippen LogP contribution in [0.15, 0.2) is 25.0 Å². The highest BCUT2D eigenvalue weighted by molar-refractivity contribution is 5.87. The number of imidazole rings is 2. The molecule has 9 nitrogen and oxygen atoms in total. The molecule has 0 saturated carbocycles. The van der Waals surface area contributed by atoms with Crippen molar-refractivity contribution in [3.05, 3.63) is 36.4 Å². The number of aromatic amines is 2. The zero-order valence-electron chi connectivity index (χ0n) is 12.3. The van der Waals surface area contributed by atoms with Gasteiger partial charge in [-0.2, -0.15) is 0 Å². The number of carboxylic acids is 1. The summed E-state index contributed by atoms with van der Waals surface area (Å²) in [5, 5.41) is 11.6. The van der Waals surface area contributed by atoms with Gasteiger partial charge >= 0.3 is 5.97 Å². The number of nitrogens with zero attached hydrogens (tertiary/aromatic N) is 2. The molecule has 0 aromatic carbocycles. The van der Waals surface area contributed by atoms with Crippen molar-refractivity contribution in [3.63, 3.8) is 0 Å². The molecule has 0 aliphatic carbocycles. The summed E-state index contributed by atoms with van der Waals surface area (Å²) in [4.78, 5) is 36.5. The Bertz CT molecular complexity index is 593. The van der Waals surface area contributed by atoms with Gasteiger partial charge in [0.15, 0.2) is 0 Å². The normalized spacial score (nSPS) is 11.9. The van der Waals surface area contributed by atoms with Crippen molar-refractivity contribution in [3.8, 4) is 0 Å². The Morgan fingerprint density at radius 1 is 1.08 bits per heavy atom. The van der Waals surface area contributed by atoms with Gasteiger partial charge in [-0.3, -0.25) is 4.79 Å². The van der Waals surface area contributed by atoms with E-state index in [0.717, 1.165) is 0 Å². The number of nitrogens with one attached hydrogen (secondary N) is 3. The lowest BCUT2D eigenvalue weighted by molar-refractivity contribution is -0.142. The van der Waals surface area contributed by atoms with Gasteiger partial charge < -0.3 is 26.1 Å². The van der Waals surface area contributed by atoms with Crippen molar-refractivity contribution in [1.82, 2.24) is 25.3 Å². The van der Waals surface area contributed by atoms with Crippen LogP contribution in [0.1, 0.15) is 11.4 Å². The molecule has 0 aliphatic rings. The van der Waals surface area contributed by atoms with Crippen LogP contribution in [0.25, 0.3) is 0 Å². The highest BCUT2D eigenvalue weighted by atomic mass is 35.5. The van der Waals surface area contributed by atoms with Gasteiger partial charge in [0.1, 0.15) is 6.04 Å².